The molecule has 1 aliphatic heterocycles. The number of aromatic hydroxyl groups is 1. The second-order valence-electron chi connectivity index (χ2n) is 5.06. The van der Waals surface area contributed by atoms with Crippen molar-refractivity contribution in [2.45, 2.75) is 12.8 Å². The Morgan fingerprint density at radius 2 is 1.90 bits per heavy atom. The molecule has 0 aromatic heterocycles. The lowest BCUT2D eigenvalue weighted by molar-refractivity contribution is 0.388. The number of aryl methyl sites for hydroxylation is 1. The van der Waals surface area contributed by atoms with Gasteiger partial charge in [-0.1, -0.05) is 35.9 Å². The van der Waals surface area contributed by atoms with Crippen molar-refractivity contribution in [3.8, 4) is 17.6 Å². The van der Waals surface area contributed by atoms with Gasteiger partial charge in [-0.05, 0) is 18.6 Å². The third kappa shape index (κ3) is 2.19. The molecule has 0 saturated carbocycles. The van der Waals surface area contributed by atoms with Crippen LogP contribution < -0.4 is 10.5 Å². The van der Waals surface area contributed by atoms with Gasteiger partial charge in [-0.2, -0.15) is 5.26 Å². The highest BCUT2D eigenvalue weighted by Crippen LogP contribution is 2.43. The maximum atomic E-state index is 9.59. The number of hydrogen-bond acceptors (Lipinski definition) is 4. The van der Waals surface area contributed by atoms with Gasteiger partial charge in [0.25, 0.3) is 0 Å². The van der Waals surface area contributed by atoms with Crippen molar-refractivity contribution in [1.82, 2.24) is 0 Å². The Hall–Kier alpha value is -2.93. The summed E-state index contributed by atoms with van der Waals surface area (Å²) in [6, 6.07) is 14.9. The molecule has 3 N–H and O–H groups in total. The van der Waals surface area contributed by atoms with E-state index in [0.29, 0.717) is 11.3 Å². The first-order valence-corrected chi connectivity index (χ1v) is 6.57. The average Bonchev–Trinajstić information content (AvgIpc) is 2.46. The Kier molecular flexibility index (Phi) is 3.03. The summed E-state index contributed by atoms with van der Waals surface area (Å²) in [5.41, 5.74) is 9.19. The molecule has 2 aromatic carbocycles. The molecule has 0 radical (unpaired) electrons. The summed E-state index contributed by atoms with van der Waals surface area (Å²) >= 11 is 0. The van der Waals surface area contributed by atoms with E-state index >= 15 is 0 Å². The van der Waals surface area contributed by atoms with Crippen LogP contribution in [0.2, 0.25) is 0 Å². The number of allylic oxidation sites excluding steroid dienone is 1. The number of rotatable bonds is 1. The summed E-state index contributed by atoms with van der Waals surface area (Å²) in [6.07, 6.45) is 0. The normalized spacial score (nSPS) is 16.9. The SMILES string of the molecule is Cc1ccc([C@H]2C(C#N)=C(N)Oc3cc(O)ccc32)cc1. The molecular formula is C17H14N2O2. The van der Waals surface area contributed by atoms with Crippen molar-refractivity contribution in [3.63, 3.8) is 0 Å². The molecular weight excluding hydrogens is 264 g/mol. The van der Waals surface area contributed by atoms with Gasteiger partial charge in [0.05, 0.1) is 5.92 Å². The monoisotopic (exact) mass is 278 g/mol. The van der Waals surface area contributed by atoms with Crippen LogP contribution in [0.5, 0.6) is 11.5 Å². The first kappa shape index (κ1) is 13.1. The second kappa shape index (κ2) is 4.88. The summed E-state index contributed by atoms with van der Waals surface area (Å²) in [6.45, 7) is 2.01. The maximum Gasteiger partial charge on any atom is 0.205 e. The van der Waals surface area contributed by atoms with Crippen LogP contribution in [0.4, 0.5) is 0 Å². The number of fused-ring (bicyclic) bond motifs is 1. The fourth-order valence-corrected chi connectivity index (χ4v) is 2.55. The van der Waals surface area contributed by atoms with E-state index in [-0.39, 0.29) is 17.6 Å². The Labute approximate surface area is 122 Å². The minimum atomic E-state index is -0.278. The van der Waals surface area contributed by atoms with Crippen molar-refractivity contribution in [2.24, 2.45) is 5.73 Å². The van der Waals surface area contributed by atoms with Crippen LogP contribution >= 0.6 is 0 Å². The Bertz CT molecular complexity index is 770. The van der Waals surface area contributed by atoms with E-state index in [9.17, 15) is 10.4 Å². The number of nitrogens with zero attached hydrogens (tertiary/aromatic N) is 1. The van der Waals surface area contributed by atoms with Crippen LogP contribution in [0.25, 0.3) is 0 Å². The number of nitrogens with two attached hydrogens (primary N) is 1. The summed E-state index contributed by atoms with van der Waals surface area (Å²) in [5, 5.41) is 19.0. The highest BCUT2D eigenvalue weighted by atomic mass is 16.5. The molecule has 21 heavy (non-hydrogen) atoms. The third-order valence-electron chi connectivity index (χ3n) is 3.61. The maximum absolute atomic E-state index is 9.59. The quantitative estimate of drug-likeness (QED) is 0.840. The van der Waals surface area contributed by atoms with Gasteiger partial charge < -0.3 is 15.6 Å². The fraction of sp³-hybridized carbons (Fsp3) is 0.118. The van der Waals surface area contributed by atoms with E-state index in [4.69, 9.17) is 10.5 Å². The molecule has 0 aliphatic carbocycles. The molecule has 4 nitrogen and oxygen atoms in total. The van der Waals surface area contributed by atoms with E-state index in [1.807, 2.05) is 31.2 Å². The minimum absolute atomic E-state index is 0.0844. The van der Waals surface area contributed by atoms with Crippen molar-refractivity contribution in [1.29, 1.82) is 5.26 Å². The lowest BCUT2D eigenvalue weighted by Gasteiger charge is -2.26. The molecule has 0 amide bonds. The Morgan fingerprint density at radius 1 is 1.19 bits per heavy atom. The summed E-state index contributed by atoms with van der Waals surface area (Å²) in [4.78, 5) is 0. The number of phenolic OH excluding ortho intramolecular Hbond substituents is 1. The van der Waals surface area contributed by atoms with Crippen LogP contribution in [0.3, 0.4) is 0 Å². The molecule has 1 heterocycles. The number of phenols is 1. The summed E-state index contributed by atoms with van der Waals surface area (Å²) in [5.74, 6) is 0.391. The Balaban J connectivity index is 2.21. The van der Waals surface area contributed by atoms with Crippen LogP contribution in [0.1, 0.15) is 22.6 Å². The molecule has 3 rings (SSSR count). The van der Waals surface area contributed by atoms with Gasteiger partial charge in [-0.15, -0.1) is 0 Å². The van der Waals surface area contributed by atoms with Gasteiger partial charge in [0.1, 0.15) is 23.1 Å². The number of nitriles is 1. The molecule has 1 atom stereocenters. The van der Waals surface area contributed by atoms with Gasteiger partial charge in [0.2, 0.25) is 5.88 Å². The van der Waals surface area contributed by atoms with Crippen molar-refractivity contribution < 1.29 is 9.84 Å². The number of ether oxygens (including phenoxy) is 1. The van der Waals surface area contributed by atoms with Crippen LogP contribution in [0, 0.1) is 18.3 Å². The highest BCUT2D eigenvalue weighted by molar-refractivity contribution is 5.57. The molecule has 104 valence electrons. The largest absolute Gasteiger partial charge is 0.508 e. The standard InChI is InChI=1S/C17H14N2O2/c1-10-2-4-11(5-3-10)16-13-7-6-12(20)8-15(13)21-17(19)14(16)9-18/h2-8,16,20H,19H2,1H3/t16-/m1/s1. The minimum Gasteiger partial charge on any atom is -0.508 e. The van der Waals surface area contributed by atoms with Gasteiger partial charge in [0, 0.05) is 11.6 Å². The number of hydrogen-bond donors (Lipinski definition) is 2. The smallest absolute Gasteiger partial charge is 0.205 e. The lowest BCUT2D eigenvalue weighted by atomic mass is 9.83. The van der Waals surface area contributed by atoms with E-state index < -0.39 is 0 Å². The second-order valence-corrected chi connectivity index (χ2v) is 5.06. The first-order valence-electron chi connectivity index (χ1n) is 6.57. The summed E-state index contributed by atoms with van der Waals surface area (Å²) in [7, 11) is 0. The van der Waals surface area contributed by atoms with E-state index in [1.165, 1.54) is 6.07 Å². The van der Waals surface area contributed by atoms with E-state index in [2.05, 4.69) is 6.07 Å². The molecule has 0 saturated heterocycles. The molecule has 2 aromatic rings. The number of benzene rings is 2. The molecule has 0 spiro atoms. The van der Waals surface area contributed by atoms with Crippen molar-refractivity contribution in [2.75, 3.05) is 0 Å². The molecule has 0 fully saturated rings. The van der Waals surface area contributed by atoms with Gasteiger partial charge in [-0.25, -0.2) is 0 Å². The van der Waals surface area contributed by atoms with Gasteiger partial charge in [0.15, 0.2) is 0 Å². The zero-order valence-corrected chi connectivity index (χ0v) is 11.5. The molecule has 4 heteroatoms. The van der Waals surface area contributed by atoms with Crippen LogP contribution in [-0.4, -0.2) is 5.11 Å². The van der Waals surface area contributed by atoms with E-state index in [1.54, 1.807) is 12.1 Å². The van der Waals surface area contributed by atoms with Crippen molar-refractivity contribution >= 4 is 0 Å². The van der Waals surface area contributed by atoms with Crippen LogP contribution in [0.15, 0.2) is 53.9 Å². The predicted octanol–water partition coefficient (Wildman–Crippen LogP) is 2.92. The topological polar surface area (TPSA) is 79.3 Å². The average molecular weight is 278 g/mol. The van der Waals surface area contributed by atoms with Gasteiger partial charge in [-0.3, -0.25) is 0 Å². The van der Waals surface area contributed by atoms with Gasteiger partial charge >= 0.3 is 0 Å². The molecule has 0 bridgehead atoms. The predicted molar refractivity (Wildman–Crippen MR) is 78.6 cm³/mol. The first-order chi connectivity index (χ1) is 10.1. The summed E-state index contributed by atoms with van der Waals surface area (Å²) < 4.78 is 5.47. The van der Waals surface area contributed by atoms with Crippen molar-refractivity contribution in [3.05, 3.63) is 70.6 Å². The zero-order valence-electron chi connectivity index (χ0n) is 11.5. The third-order valence-corrected chi connectivity index (χ3v) is 3.61. The Morgan fingerprint density at radius 3 is 2.57 bits per heavy atom. The zero-order chi connectivity index (χ0) is 15.0. The highest BCUT2D eigenvalue weighted by Gasteiger charge is 2.30. The molecule has 1 aliphatic rings. The lowest BCUT2D eigenvalue weighted by Crippen LogP contribution is -2.20. The van der Waals surface area contributed by atoms with Crippen LogP contribution in [-0.2, 0) is 0 Å². The fourth-order valence-electron chi connectivity index (χ4n) is 2.55. The van der Waals surface area contributed by atoms with E-state index in [0.717, 1.165) is 16.7 Å². The molecule has 0 unspecified atom stereocenters.